The molecule has 78 valence electrons. The van der Waals surface area contributed by atoms with Crippen molar-refractivity contribution >= 4 is 16.5 Å². The highest BCUT2D eigenvalue weighted by molar-refractivity contribution is 7.13. The van der Waals surface area contributed by atoms with Crippen LogP contribution in [0, 0.1) is 0 Å². The highest BCUT2D eigenvalue weighted by Gasteiger charge is 2.09. The number of nitrogens with zero attached hydrogens (tertiary/aromatic N) is 1. The van der Waals surface area contributed by atoms with E-state index in [1.807, 2.05) is 23.6 Å². The molecule has 0 radical (unpaired) electrons. The quantitative estimate of drug-likeness (QED) is 0.609. The lowest BCUT2D eigenvalue weighted by molar-refractivity contribution is -0.211. The van der Waals surface area contributed by atoms with E-state index in [-0.39, 0.29) is 0 Å². The molecule has 2 aromatic rings. The molecule has 6 heteroatoms. The number of hydrogen-bond acceptors (Lipinski definition) is 6. The molecule has 0 amide bonds. The first-order valence-corrected chi connectivity index (χ1v) is 5.03. The lowest BCUT2D eigenvalue weighted by Gasteiger charge is -2.04. The van der Waals surface area contributed by atoms with Gasteiger partial charge in [0.1, 0.15) is 0 Å². The molecule has 15 heavy (non-hydrogen) atoms. The fourth-order valence-electron chi connectivity index (χ4n) is 1.21. The monoisotopic (exact) mass is 223 g/mol. The normalized spacial score (nSPS) is 10.2. The Balaban J connectivity index is 2.42. The molecular weight excluding hydrogens is 214 g/mol. The van der Waals surface area contributed by atoms with E-state index in [0.717, 1.165) is 11.3 Å². The molecule has 1 aromatic heterocycles. The summed E-state index contributed by atoms with van der Waals surface area (Å²) in [7, 11) is 0. The number of rotatable bonds is 3. The maximum atomic E-state index is 5.55. The lowest BCUT2D eigenvalue weighted by Crippen LogP contribution is -2.04. The summed E-state index contributed by atoms with van der Waals surface area (Å²) >= 11 is 1.37. The fourth-order valence-corrected chi connectivity index (χ4v) is 1.78. The van der Waals surface area contributed by atoms with Gasteiger partial charge < -0.3 is 10.6 Å². The Bertz CT molecular complexity index is 458. The van der Waals surface area contributed by atoms with Crippen LogP contribution in [0.4, 0.5) is 5.13 Å². The smallest absolute Gasteiger partial charge is 0.180 e. The van der Waals surface area contributed by atoms with E-state index in [2.05, 4.69) is 9.97 Å². The summed E-state index contributed by atoms with van der Waals surface area (Å²) in [5.74, 6) is 5.35. The Labute approximate surface area is 90.1 Å². The molecule has 0 saturated carbocycles. The van der Waals surface area contributed by atoms with Crippen molar-refractivity contribution in [2.45, 2.75) is 0 Å². The third-order valence-corrected chi connectivity index (χ3v) is 2.50. The van der Waals surface area contributed by atoms with Gasteiger partial charge in [0.25, 0.3) is 0 Å². The zero-order valence-corrected chi connectivity index (χ0v) is 8.53. The predicted octanol–water partition coefficient (Wildman–Crippen LogP) is 1.58. The number of anilines is 1. The third kappa shape index (κ3) is 2.07. The first kappa shape index (κ1) is 9.91. The zero-order valence-electron chi connectivity index (χ0n) is 7.71. The number of nitrogens with two attached hydrogens (primary N) is 2. The van der Waals surface area contributed by atoms with Crippen molar-refractivity contribution in [2.75, 3.05) is 5.73 Å². The Morgan fingerprint density at radius 2 is 2.07 bits per heavy atom. The second kappa shape index (κ2) is 4.26. The first-order valence-electron chi connectivity index (χ1n) is 4.15. The van der Waals surface area contributed by atoms with Gasteiger partial charge in [0.2, 0.25) is 0 Å². The Kier molecular flexibility index (Phi) is 2.82. The number of thiazole rings is 1. The summed E-state index contributed by atoms with van der Waals surface area (Å²) in [4.78, 5) is 13.1. The largest absolute Gasteiger partial charge is 0.375 e. The molecule has 0 aliphatic carbocycles. The van der Waals surface area contributed by atoms with Crippen molar-refractivity contribution in [3.8, 4) is 17.0 Å². The van der Waals surface area contributed by atoms with E-state index in [0.29, 0.717) is 10.9 Å². The first-order chi connectivity index (χ1) is 7.31. The van der Waals surface area contributed by atoms with Gasteiger partial charge in [-0.25, -0.2) is 4.98 Å². The van der Waals surface area contributed by atoms with Crippen LogP contribution in [0.25, 0.3) is 11.3 Å². The number of benzene rings is 1. The maximum Gasteiger partial charge on any atom is 0.180 e. The predicted molar refractivity (Wildman–Crippen MR) is 57.9 cm³/mol. The molecule has 0 aliphatic heterocycles. The summed E-state index contributed by atoms with van der Waals surface area (Å²) in [5, 5.41) is 2.35. The molecule has 0 saturated heterocycles. The Hall–Kier alpha value is -1.63. The van der Waals surface area contributed by atoms with Crippen molar-refractivity contribution in [3.63, 3.8) is 0 Å². The average Bonchev–Trinajstić information content (AvgIpc) is 2.66. The van der Waals surface area contributed by atoms with Crippen molar-refractivity contribution in [2.24, 2.45) is 5.90 Å². The molecule has 2 rings (SSSR count). The zero-order chi connectivity index (χ0) is 10.7. The van der Waals surface area contributed by atoms with Crippen molar-refractivity contribution in [1.29, 1.82) is 0 Å². The summed E-state index contributed by atoms with van der Waals surface area (Å²) < 4.78 is 0. The SMILES string of the molecule is NOOc1ccccc1-c1csc(N)n1. The second-order valence-corrected chi connectivity index (χ2v) is 3.64. The van der Waals surface area contributed by atoms with Gasteiger partial charge in [0, 0.05) is 10.9 Å². The van der Waals surface area contributed by atoms with Gasteiger partial charge in [0.05, 0.1) is 5.69 Å². The van der Waals surface area contributed by atoms with Gasteiger partial charge in [-0.3, -0.25) is 0 Å². The minimum atomic E-state index is 0.505. The lowest BCUT2D eigenvalue weighted by atomic mass is 10.1. The maximum absolute atomic E-state index is 5.55. The van der Waals surface area contributed by atoms with E-state index >= 15 is 0 Å². The molecule has 0 aliphatic rings. The topological polar surface area (TPSA) is 83.4 Å². The molecule has 0 fully saturated rings. The number of nitrogen functional groups attached to an aromatic ring is 1. The van der Waals surface area contributed by atoms with E-state index in [1.54, 1.807) is 6.07 Å². The minimum absolute atomic E-state index is 0.505. The van der Waals surface area contributed by atoms with Crippen molar-refractivity contribution in [1.82, 2.24) is 4.98 Å². The molecule has 0 unspecified atom stereocenters. The number of para-hydroxylation sites is 1. The van der Waals surface area contributed by atoms with Crippen LogP contribution < -0.4 is 16.5 Å². The fraction of sp³-hybridized carbons (Fsp3) is 0. The van der Waals surface area contributed by atoms with E-state index in [4.69, 9.17) is 16.5 Å². The van der Waals surface area contributed by atoms with Crippen LogP contribution in [-0.2, 0) is 4.99 Å². The van der Waals surface area contributed by atoms with Gasteiger partial charge in [-0.15, -0.1) is 11.3 Å². The summed E-state index contributed by atoms with van der Waals surface area (Å²) in [5.41, 5.74) is 7.08. The van der Waals surface area contributed by atoms with Gasteiger partial charge in [0.15, 0.2) is 10.9 Å². The van der Waals surface area contributed by atoms with Crippen LogP contribution in [-0.4, -0.2) is 4.98 Å². The van der Waals surface area contributed by atoms with Gasteiger partial charge in [-0.05, 0) is 12.1 Å². The number of aromatic nitrogens is 1. The van der Waals surface area contributed by atoms with Gasteiger partial charge in [-0.1, -0.05) is 17.1 Å². The van der Waals surface area contributed by atoms with Crippen LogP contribution in [0.3, 0.4) is 0 Å². The van der Waals surface area contributed by atoms with Gasteiger partial charge in [-0.2, -0.15) is 5.90 Å². The molecule has 0 atom stereocenters. The van der Waals surface area contributed by atoms with E-state index < -0.39 is 0 Å². The van der Waals surface area contributed by atoms with E-state index in [9.17, 15) is 0 Å². The molecule has 0 spiro atoms. The van der Waals surface area contributed by atoms with Gasteiger partial charge >= 0.3 is 0 Å². The summed E-state index contributed by atoms with van der Waals surface area (Å²) in [6.07, 6.45) is 0. The highest BCUT2D eigenvalue weighted by Crippen LogP contribution is 2.31. The average molecular weight is 223 g/mol. The molecule has 1 heterocycles. The minimum Gasteiger partial charge on any atom is -0.375 e. The Morgan fingerprint density at radius 1 is 1.27 bits per heavy atom. The third-order valence-electron chi connectivity index (χ3n) is 1.82. The molecule has 5 nitrogen and oxygen atoms in total. The highest BCUT2D eigenvalue weighted by atomic mass is 32.1. The van der Waals surface area contributed by atoms with Crippen molar-refractivity contribution in [3.05, 3.63) is 29.6 Å². The second-order valence-electron chi connectivity index (χ2n) is 2.75. The van der Waals surface area contributed by atoms with Crippen molar-refractivity contribution < 1.29 is 9.88 Å². The van der Waals surface area contributed by atoms with Crippen LogP contribution in [0.5, 0.6) is 5.75 Å². The van der Waals surface area contributed by atoms with Crippen LogP contribution in [0.15, 0.2) is 29.6 Å². The standard InChI is InChI=1S/C9H9N3O2S/c10-9-12-7(5-15-9)6-3-1-2-4-8(6)13-14-11/h1-5H,11H2,(H2,10,12). The summed E-state index contributed by atoms with van der Waals surface area (Å²) in [6.45, 7) is 0. The molecule has 0 bridgehead atoms. The number of hydrogen-bond donors (Lipinski definition) is 2. The van der Waals surface area contributed by atoms with Crippen LogP contribution >= 0.6 is 11.3 Å². The molecular formula is C9H9N3O2S. The summed E-state index contributed by atoms with van der Waals surface area (Å²) in [6, 6.07) is 7.27. The van der Waals surface area contributed by atoms with Crippen LogP contribution in [0.1, 0.15) is 0 Å². The molecule has 1 aromatic carbocycles. The molecule has 4 N–H and O–H groups in total. The Morgan fingerprint density at radius 3 is 2.73 bits per heavy atom. The van der Waals surface area contributed by atoms with Crippen LogP contribution in [0.2, 0.25) is 0 Å². The van der Waals surface area contributed by atoms with E-state index in [1.165, 1.54) is 11.3 Å².